The van der Waals surface area contributed by atoms with Gasteiger partial charge in [-0.3, -0.25) is 4.99 Å². The Morgan fingerprint density at radius 2 is 2.08 bits per heavy atom. The van der Waals surface area contributed by atoms with E-state index in [4.69, 9.17) is 0 Å². The summed E-state index contributed by atoms with van der Waals surface area (Å²) in [5.74, 6) is 0.472. The van der Waals surface area contributed by atoms with E-state index < -0.39 is 0 Å². The molecule has 1 heterocycles. The second kappa shape index (κ2) is 10.5. The summed E-state index contributed by atoms with van der Waals surface area (Å²) in [5.41, 5.74) is 2.54. The third-order valence-electron chi connectivity index (χ3n) is 3.52. The van der Waals surface area contributed by atoms with Gasteiger partial charge in [0, 0.05) is 46.0 Å². The van der Waals surface area contributed by atoms with Crippen LogP contribution in [0.2, 0.25) is 0 Å². The van der Waals surface area contributed by atoms with Gasteiger partial charge in [0.2, 0.25) is 0 Å². The number of nitrogens with zero attached hydrogens (tertiary/aromatic N) is 3. The highest BCUT2D eigenvalue weighted by atomic mass is 127. The van der Waals surface area contributed by atoms with Crippen molar-refractivity contribution in [1.82, 2.24) is 15.6 Å². The molecule has 0 amide bonds. The Balaban J connectivity index is 0.00000312. The van der Waals surface area contributed by atoms with Crippen LogP contribution >= 0.6 is 35.3 Å². The third kappa shape index (κ3) is 6.77. The van der Waals surface area contributed by atoms with E-state index in [0.717, 1.165) is 29.2 Å². The molecule has 138 valence electrons. The number of aryl methyl sites for hydroxylation is 1. The van der Waals surface area contributed by atoms with Gasteiger partial charge in [0.05, 0.1) is 16.4 Å². The first-order valence-electron chi connectivity index (χ1n) is 7.81. The van der Waals surface area contributed by atoms with Crippen LogP contribution in [-0.2, 0) is 13.0 Å². The first-order chi connectivity index (χ1) is 11.5. The molecule has 1 aromatic carbocycles. The monoisotopic (exact) mass is 477 g/mol. The number of benzene rings is 1. The van der Waals surface area contributed by atoms with Crippen LogP contribution < -0.4 is 15.5 Å². The molecule has 25 heavy (non-hydrogen) atoms. The Hall–Kier alpha value is -1.42. The molecule has 0 saturated carbocycles. The van der Waals surface area contributed by atoms with Crippen molar-refractivity contribution in [2.45, 2.75) is 19.9 Å². The molecule has 2 rings (SSSR count). The molecule has 0 unspecified atom stereocenters. The lowest BCUT2D eigenvalue weighted by Gasteiger charge is -2.15. The fourth-order valence-corrected chi connectivity index (χ4v) is 2.91. The Morgan fingerprint density at radius 3 is 2.64 bits per heavy atom. The van der Waals surface area contributed by atoms with Crippen molar-refractivity contribution in [3.05, 3.63) is 45.7 Å². The van der Waals surface area contributed by atoms with Gasteiger partial charge in [0.25, 0.3) is 0 Å². The van der Waals surface area contributed by atoms with Crippen LogP contribution in [0.1, 0.15) is 16.3 Å². The minimum Gasteiger partial charge on any atom is -0.375 e. The quantitative estimate of drug-likeness (QED) is 0.382. The van der Waals surface area contributed by atoms with Crippen LogP contribution in [0.25, 0.3) is 0 Å². The first kappa shape index (κ1) is 21.6. The molecule has 0 aliphatic rings. The van der Waals surface area contributed by atoms with E-state index in [1.807, 2.05) is 27.1 Å². The van der Waals surface area contributed by atoms with Crippen LogP contribution in [-0.4, -0.2) is 38.6 Å². The largest absolute Gasteiger partial charge is 0.375 e. The molecule has 0 bridgehead atoms. The smallest absolute Gasteiger partial charge is 0.191 e. The molecular weight excluding hydrogens is 452 g/mol. The second-order valence-electron chi connectivity index (χ2n) is 5.64. The summed E-state index contributed by atoms with van der Waals surface area (Å²) in [6.07, 6.45) is 0.844. The maximum Gasteiger partial charge on any atom is 0.191 e. The Bertz CT molecular complexity index is 702. The first-order valence-corrected chi connectivity index (χ1v) is 8.69. The molecule has 0 spiro atoms. The summed E-state index contributed by atoms with van der Waals surface area (Å²) in [6, 6.07) is 5.25. The van der Waals surface area contributed by atoms with Crippen molar-refractivity contribution in [3.63, 3.8) is 0 Å². The van der Waals surface area contributed by atoms with Gasteiger partial charge in [-0.05, 0) is 24.6 Å². The van der Waals surface area contributed by atoms with Crippen molar-refractivity contribution >= 4 is 47.0 Å². The highest BCUT2D eigenvalue weighted by Crippen LogP contribution is 2.18. The summed E-state index contributed by atoms with van der Waals surface area (Å²) in [6.45, 7) is 3.26. The summed E-state index contributed by atoms with van der Waals surface area (Å²) >= 11 is 1.66. The number of nitrogens with one attached hydrogen (secondary N) is 2. The van der Waals surface area contributed by atoms with Gasteiger partial charge in [-0.2, -0.15) is 0 Å². The van der Waals surface area contributed by atoms with Crippen molar-refractivity contribution in [3.8, 4) is 0 Å². The van der Waals surface area contributed by atoms with Gasteiger partial charge >= 0.3 is 0 Å². The minimum atomic E-state index is -0.221. The van der Waals surface area contributed by atoms with E-state index in [9.17, 15) is 4.39 Å². The van der Waals surface area contributed by atoms with Crippen molar-refractivity contribution < 1.29 is 4.39 Å². The van der Waals surface area contributed by atoms with Gasteiger partial charge < -0.3 is 15.5 Å². The number of hydrogen-bond acceptors (Lipinski definition) is 4. The van der Waals surface area contributed by atoms with Crippen molar-refractivity contribution in [1.29, 1.82) is 0 Å². The zero-order chi connectivity index (χ0) is 17.5. The van der Waals surface area contributed by atoms with Crippen molar-refractivity contribution in [2.24, 2.45) is 4.99 Å². The van der Waals surface area contributed by atoms with Crippen LogP contribution in [0, 0.1) is 12.7 Å². The molecule has 1 aromatic heterocycles. The molecule has 2 aromatic rings. The van der Waals surface area contributed by atoms with Crippen LogP contribution in [0.5, 0.6) is 0 Å². The fraction of sp³-hybridized carbons (Fsp3) is 0.412. The Morgan fingerprint density at radius 1 is 1.32 bits per heavy atom. The number of hydrogen-bond donors (Lipinski definition) is 2. The number of thiazole rings is 1. The molecule has 0 fully saturated rings. The van der Waals surface area contributed by atoms with E-state index in [1.54, 1.807) is 35.4 Å². The zero-order valence-corrected chi connectivity index (χ0v) is 18.1. The van der Waals surface area contributed by atoms with E-state index in [1.165, 1.54) is 0 Å². The van der Waals surface area contributed by atoms with Gasteiger partial charge in [0.1, 0.15) is 5.82 Å². The zero-order valence-electron chi connectivity index (χ0n) is 15.0. The highest BCUT2D eigenvalue weighted by Gasteiger charge is 2.06. The molecule has 0 aliphatic carbocycles. The van der Waals surface area contributed by atoms with Crippen LogP contribution in [0.3, 0.4) is 0 Å². The topological polar surface area (TPSA) is 52.6 Å². The summed E-state index contributed by atoms with van der Waals surface area (Å²) < 4.78 is 14.0. The number of aromatic nitrogens is 1. The van der Waals surface area contributed by atoms with Crippen LogP contribution in [0.4, 0.5) is 10.1 Å². The molecule has 0 radical (unpaired) electrons. The lowest BCUT2D eigenvalue weighted by atomic mass is 10.2. The van der Waals surface area contributed by atoms with Crippen LogP contribution in [0.15, 0.2) is 28.6 Å². The fourth-order valence-electron chi connectivity index (χ4n) is 2.26. The van der Waals surface area contributed by atoms with Gasteiger partial charge in [0.15, 0.2) is 5.96 Å². The highest BCUT2D eigenvalue weighted by molar-refractivity contribution is 14.0. The standard InChI is InChI=1S/C17H24FN5S.HI/c1-12-22-14(11-24-12)7-8-20-17(19-2)21-10-13-5-6-16(23(3)4)15(18)9-13;/h5-6,9,11H,7-8,10H2,1-4H3,(H2,19,20,21);1H. The van der Waals surface area contributed by atoms with E-state index in [2.05, 4.69) is 26.0 Å². The second-order valence-corrected chi connectivity index (χ2v) is 6.70. The number of aliphatic imine (C=N–C) groups is 1. The molecule has 0 aliphatic heterocycles. The molecular formula is C17H25FIN5S. The molecule has 2 N–H and O–H groups in total. The van der Waals surface area contributed by atoms with E-state index >= 15 is 0 Å². The predicted molar refractivity (Wildman–Crippen MR) is 115 cm³/mol. The third-order valence-corrected chi connectivity index (χ3v) is 4.34. The molecule has 0 saturated heterocycles. The van der Waals surface area contributed by atoms with Gasteiger partial charge in [-0.25, -0.2) is 9.37 Å². The predicted octanol–water partition coefficient (Wildman–Crippen LogP) is 3.18. The lowest BCUT2D eigenvalue weighted by Crippen LogP contribution is -2.37. The lowest BCUT2D eigenvalue weighted by molar-refractivity contribution is 0.623. The van der Waals surface area contributed by atoms with E-state index in [-0.39, 0.29) is 29.8 Å². The van der Waals surface area contributed by atoms with Crippen molar-refractivity contribution in [2.75, 3.05) is 32.6 Å². The number of guanidine groups is 1. The van der Waals surface area contributed by atoms with Gasteiger partial charge in [-0.15, -0.1) is 35.3 Å². The Kier molecular flexibility index (Phi) is 9.12. The number of anilines is 1. The van der Waals surface area contributed by atoms with Gasteiger partial charge in [-0.1, -0.05) is 6.07 Å². The summed E-state index contributed by atoms with van der Waals surface area (Å²) in [4.78, 5) is 10.4. The maximum atomic E-state index is 14.0. The van der Waals surface area contributed by atoms with E-state index in [0.29, 0.717) is 18.2 Å². The summed E-state index contributed by atoms with van der Waals surface area (Å²) in [5, 5.41) is 9.59. The minimum absolute atomic E-state index is 0. The molecule has 0 atom stereocenters. The maximum absolute atomic E-state index is 14.0. The molecule has 5 nitrogen and oxygen atoms in total. The average Bonchev–Trinajstić information content (AvgIpc) is 2.95. The molecule has 8 heteroatoms. The Labute approximate surface area is 169 Å². The summed E-state index contributed by atoms with van der Waals surface area (Å²) in [7, 11) is 5.37. The average molecular weight is 477 g/mol. The SMILES string of the molecule is CN=C(NCCc1csc(C)n1)NCc1ccc(N(C)C)c(F)c1.I. The normalized spacial score (nSPS) is 11.0. The number of halogens is 2. The number of rotatable bonds is 6.